The highest BCUT2D eigenvalue weighted by molar-refractivity contribution is 5.98. The molecule has 1 aliphatic carbocycles. The van der Waals surface area contributed by atoms with Crippen LogP contribution < -0.4 is 0 Å². The third-order valence-corrected chi connectivity index (χ3v) is 3.01. The Morgan fingerprint density at radius 3 is 2.33 bits per heavy atom. The normalized spacial score (nSPS) is 33.3. The van der Waals surface area contributed by atoms with Gasteiger partial charge in [0.1, 0.15) is 13.2 Å². The average Bonchev–Trinajstić information content (AvgIpc) is 2.20. The molecule has 2 unspecified atom stereocenters. The first-order valence-electron chi connectivity index (χ1n) is 5.31. The lowest BCUT2D eigenvalue weighted by Crippen LogP contribution is -2.56. The molecule has 0 aromatic rings. The van der Waals surface area contributed by atoms with Gasteiger partial charge in [-0.25, -0.2) is 0 Å². The Kier molecular flexibility index (Phi) is 3.02. The van der Waals surface area contributed by atoms with Gasteiger partial charge in [-0.15, -0.1) is 0 Å². The van der Waals surface area contributed by atoms with Crippen molar-refractivity contribution in [3.05, 3.63) is 0 Å². The fraction of sp³-hybridized carbons (Fsp3) is 0.800. The van der Waals surface area contributed by atoms with Crippen molar-refractivity contribution in [3.63, 3.8) is 0 Å². The number of hydrogen-bond acceptors (Lipinski definition) is 4. The van der Waals surface area contributed by atoms with Crippen molar-refractivity contribution in [1.29, 1.82) is 0 Å². The summed E-state index contributed by atoms with van der Waals surface area (Å²) in [5, 5.41) is 9.77. The molecule has 2 fully saturated rings. The van der Waals surface area contributed by atoms with Crippen LogP contribution in [0, 0.1) is 0 Å². The number of aliphatic hydroxyl groups is 1. The molecule has 5 heteroatoms. The number of aliphatic hydroxyl groups excluding tert-OH is 1. The maximum absolute atomic E-state index is 11.5. The second-order valence-corrected chi connectivity index (χ2v) is 4.07. The van der Waals surface area contributed by atoms with Crippen molar-refractivity contribution in [2.24, 2.45) is 0 Å². The summed E-state index contributed by atoms with van der Waals surface area (Å²) in [5.41, 5.74) is 0. The zero-order valence-corrected chi connectivity index (χ0v) is 8.52. The van der Waals surface area contributed by atoms with E-state index in [2.05, 4.69) is 0 Å². The van der Waals surface area contributed by atoms with Crippen LogP contribution in [0.5, 0.6) is 0 Å². The Bertz CT molecular complexity index is 263. The van der Waals surface area contributed by atoms with Crippen LogP contribution in [0.1, 0.15) is 25.7 Å². The third-order valence-electron chi connectivity index (χ3n) is 3.01. The zero-order valence-electron chi connectivity index (χ0n) is 8.52. The van der Waals surface area contributed by atoms with E-state index in [4.69, 9.17) is 4.74 Å². The van der Waals surface area contributed by atoms with E-state index in [-0.39, 0.29) is 31.1 Å². The summed E-state index contributed by atoms with van der Waals surface area (Å²) in [6, 6.07) is -0.331. The van der Waals surface area contributed by atoms with Gasteiger partial charge in [-0.3, -0.25) is 14.5 Å². The quantitative estimate of drug-likeness (QED) is 0.606. The zero-order chi connectivity index (χ0) is 10.8. The first-order valence-corrected chi connectivity index (χ1v) is 5.31. The fourth-order valence-corrected chi connectivity index (χ4v) is 2.27. The van der Waals surface area contributed by atoms with Gasteiger partial charge in [-0.2, -0.15) is 0 Å². The van der Waals surface area contributed by atoms with Crippen LogP contribution in [0.15, 0.2) is 0 Å². The molecule has 2 amide bonds. The van der Waals surface area contributed by atoms with Gasteiger partial charge >= 0.3 is 0 Å². The molecule has 2 aliphatic rings. The van der Waals surface area contributed by atoms with Gasteiger partial charge in [0.2, 0.25) is 0 Å². The second-order valence-electron chi connectivity index (χ2n) is 4.07. The third kappa shape index (κ3) is 2.03. The molecule has 2 atom stereocenters. The molecule has 2 rings (SSSR count). The minimum atomic E-state index is -0.565. The van der Waals surface area contributed by atoms with E-state index in [1.807, 2.05) is 0 Å². The van der Waals surface area contributed by atoms with Crippen LogP contribution in [0.3, 0.4) is 0 Å². The second kappa shape index (κ2) is 4.28. The summed E-state index contributed by atoms with van der Waals surface area (Å²) < 4.78 is 4.83. The Hall–Kier alpha value is -0.940. The van der Waals surface area contributed by atoms with Crippen molar-refractivity contribution in [2.45, 2.75) is 37.8 Å². The molecule has 5 nitrogen and oxygen atoms in total. The molecule has 0 spiro atoms. The van der Waals surface area contributed by atoms with Crippen LogP contribution >= 0.6 is 0 Å². The summed E-state index contributed by atoms with van der Waals surface area (Å²) in [5.74, 6) is -0.644. The Morgan fingerprint density at radius 2 is 1.73 bits per heavy atom. The highest BCUT2D eigenvalue weighted by Crippen LogP contribution is 2.24. The first-order chi connectivity index (χ1) is 7.20. The van der Waals surface area contributed by atoms with E-state index < -0.39 is 6.10 Å². The number of ether oxygens (including phenoxy) is 1. The van der Waals surface area contributed by atoms with E-state index in [0.717, 1.165) is 12.8 Å². The van der Waals surface area contributed by atoms with Crippen LogP contribution in [-0.4, -0.2) is 47.2 Å². The Morgan fingerprint density at radius 1 is 1.13 bits per heavy atom. The van der Waals surface area contributed by atoms with Crippen molar-refractivity contribution in [1.82, 2.24) is 4.90 Å². The summed E-state index contributed by atoms with van der Waals surface area (Å²) in [4.78, 5) is 24.2. The van der Waals surface area contributed by atoms with Gasteiger partial charge in [0.25, 0.3) is 11.8 Å². The predicted octanol–water partition coefficient (Wildman–Crippen LogP) is -0.325. The number of amides is 2. The van der Waals surface area contributed by atoms with Crippen molar-refractivity contribution in [2.75, 3.05) is 13.2 Å². The lowest BCUT2D eigenvalue weighted by molar-refractivity contribution is -0.165. The smallest absolute Gasteiger partial charge is 0.255 e. The summed E-state index contributed by atoms with van der Waals surface area (Å²) in [6.45, 7) is -0.0933. The topological polar surface area (TPSA) is 66.8 Å². The van der Waals surface area contributed by atoms with E-state index in [9.17, 15) is 14.7 Å². The van der Waals surface area contributed by atoms with E-state index >= 15 is 0 Å². The molecule has 0 aromatic heterocycles. The summed E-state index contributed by atoms with van der Waals surface area (Å²) >= 11 is 0. The number of hydrogen-bond donors (Lipinski definition) is 1. The summed E-state index contributed by atoms with van der Waals surface area (Å²) in [6.07, 6.45) is 2.73. The van der Waals surface area contributed by atoms with Crippen LogP contribution in [0.4, 0.5) is 0 Å². The van der Waals surface area contributed by atoms with Gasteiger partial charge < -0.3 is 9.84 Å². The lowest BCUT2D eigenvalue weighted by atomic mass is 9.91. The van der Waals surface area contributed by atoms with Gasteiger partial charge in [0.15, 0.2) is 0 Å². The largest absolute Gasteiger partial charge is 0.391 e. The van der Waals surface area contributed by atoms with Gasteiger partial charge in [0, 0.05) is 0 Å². The number of rotatable bonds is 1. The highest BCUT2D eigenvalue weighted by atomic mass is 16.5. The van der Waals surface area contributed by atoms with E-state index in [1.165, 1.54) is 4.90 Å². The molecular formula is C10H15NO4. The van der Waals surface area contributed by atoms with Crippen molar-refractivity contribution in [3.8, 4) is 0 Å². The Balaban J connectivity index is 2.12. The number of carbonyl (C=O) groups excluding carboxylic acids is 2. The monoisotopic (exact) mass is 213 g/mol. The van der Waals surface area contributed by atoms with E-state index in [0.29, 0.717) is 12.8 Å². The van der Waals surface area contributed by atoms with Gasteiger partial charge in [-0.05, 0) is 12.8 Å². The molecule has 0 aromatic carbocycles. The lowest BCUT2D eigenvalue weighted by Gasteiger charge is -2.37. The molecule has 0 radical (unpaired) electrons. The standard InChI is InChI=1S/C10H15NO4/c12-8-4-2-1-3-7(8)11-9(13)5-15-6-10(11)14/h7-8,12H,1-6H2. The van der Waals surface area contributed by atoms with Crippen molar-refractivity contribution < 1.29 is 19.4 Å². The van der Waals surface area contributed by atoms with E-state index in [1.54, 1.807) is 0 Å². The molecule has 1 saturated carbocycles. The molecular weight excluding hydrogens is 198 g/mol. The highest BCUT2D eigenvalue weighted by Gasteiger charge is 2.37. The van der Waals surface area contributed by atoms with Crippen molar-refractivity contribution >= 4 is 11.8 Å². The number of carbonyl (C=O) groups is 2. The van der Waals surface area contributed by atoms with Crippen LogP contribution in [0.2, 0.25) is 0 Å². The molecule has 1 heterocycles. The maximum Gasteiger partial charge on any atom is 0.255 e. The molecule has 1 N–H and O–H groups in total. The predicted molar refractivity (Wildman–Crippen MR) is 50.9 cm³/mol. The molecule has 84 valence electrons. The number of nitrogens with zero attached hydrogens (tertiary/aromatic N) is 1. The van der Waals surface area contributed by atoms with Gasteiger partial charge in [-0.1, -0.05) is 12.8 Å². The molecule has 1 saturated heterocycles. The van der Waals surface area contributed by atoms with Gasteiger partial charge in [0.05, 0.1) is 12.1 Å². The Labute approximate surface area is 88.0 Å². The minimum Gasteiger partial charge on any atom is -0.391 e. The number of imide groups is 1. The maximum atomic E-state index is 11.5. The number of morpholine rings is 1. The minimum absolute atomic E-state index is 0.0467. The molecule has 0 bridgehead atoms. The first kappa shape index (κ1) is 10.6. The molecule has 1 aliphatic heterocycles. The SMILES string of the molecule is O=C1COCC(=O)N1C1CCCCC1O. The molecule has 15 heavy (non-hydrogen) atoms. The average molecular weight is 213 g/mol. The van der Waals surface area contributed by atoms with Crippen LogP contribution in [0.25, 0.3) is 0 Å². The van der Waals surface area contributed by atoms with Crippen LogP contribution in [-0.2, 0) is 14.3 Å². The fourth-order valence-electron chi connectivity index (χ4n) is 2.27. The summed E-state index contributed by atoms with van der Waals surface area (Å²) in [7, 11) is 0.